The van der Waals surface area contributed by atoms with Crippen LogP contribution in [0.3, 0.4) is 0 Å². The zero-order valence-electron chi connectivity index (χ0n) is 10.4. The van der Waals surface area contributed by atoms with Gasteiger partial charge in [-0.25, -0.2) is 29.9 Å². The number of halogens is 3. The number of thiazole rings is 2. The second kappa shape index (κ2) is 6.50. The van der Waals surface area contributed by atoms with Crippen LogP contribution in [-0.2, 0) is 0 Å². The molecular weight excluding hydrogens is 433 g/mol. The average molecular weight is 437 g/mol. The van der Waals surface area contributed by atoms with Crippen LogP contribution in [0.4, 0.5) is 5.13 Å². The molecule has 0 atom stereocenters. The fourth-order valence-electron chi connectivity index (χ4n) is 1.42. The Morgan fingerprint density at radius 1 is 0.864 bits per heavy atom. The normalized spacial score (nSPS) is 10.7. The van der Waals surface area contributed by atoms with Gasteiger partial charge in [-0.3, -0.25) is 0 Å². The summed E-state index contributed by atoms with van der Waals surface area (Å²) in [4.78, 5) is 25.1. The van der Waals surface area contributed by atoms with Crippen LogP contribution in [0.15, 0.2) is 16.3 Å². The minimum absolute atomic E-state index is 0.223. The summed E-state index contributed by atoms with van der Waals surface area (Å²) in [6.07, 6.45) is 3.16. The van der Waals surface area contributed by atoms with Crippen molar-refractivity contribution in [3.63, 3.8) is 0 Å². The SMILES string of the molecule is Clc1ncc2nc(Br)sc2n1.Nc1nc2cnc(Cl)nc2s1. The van der Waals surface area contributed by atoms with Crippen molar-refractivity contribution in [1.29, 1.82) is 0 Å². The zero-order chi connectivity index (χ0) is 15.7. The summed E-state index contributed by atoms with van der Waals surface area (Å²) in [5, 5.41) is 0.964. The van der Waals surface area contributed by atoms with Gasteiger partial charge in [-0.15, -0.1) is 0 Å². The van der Waals surface area contributed by atoms with Crippen molar-refractivity contribution in [2.24, 2.45) is 0 Å². The molecule has 0 radical (unpaired) electrons. The van der Waals surface area contributed by atoms with E-state index in [9.17, 15) is 0 Å². The second-order valence-corrected chi connectivity index (χ2v) is 7.62. The van der Waals surface area contributed by atoms with Crippen molar-refractivity contribution >= 4 is 87.6 Å². The van der Waals surface area contributed by atoms with E-state index in [-0.39, 0.29) is 10.6 Å². The molecule has 0 spiro atoms. The molecule has 0 bridgehead atoms. The number of nitrogen functional groups attached to an aromatic ring is 1. The average Bonchev–Trinajstić information content (AvgIpc) is 2.99. The van der Waals surface area contributed by atoms with Gasteiger partial charge in [0.2, 0.25) is 10.6 Å². The summed E-state index contributed by atoms with van der Waals surface area (Å²) >= 11 is 17.1. The molecular formula is C10H4BrCl2N7S2. The third kappa shape index (κ3) is 3.58. The molecule has 0 fully saturated rings. The highest BCUT2D eigenvalue weighted by Crippen LogP contribution is 2.24. The Kier molecular flexibility index (Phi) is 4.64. The smallest absolute Gasteiger partial charge is 0.223 e. The van der Waals surface area contributed by atoms with Crippen LogP contribution in [0.2, 0.25) is 10.6 Å². The van der Waals surface area contributed by atoms with Crippen LogP contribution in [0.5, 0.6) is 0 Å². The molecule has 0 amide bonds. The first-order chi connectivity index (χ1) is 10.5. The molecule has 0 aromatic carbocycles. The highest BCUT2D eigenvalue weighted by Gasteiger charge is 2.03. The van der Waals surface area contributed by atoms with Gasteiger partial charge >= 0.3 is 0 Å². The monoisotopic (exact) mass is 435 g/mol. The molecule has 4 rings (SSSR count). The predicted octanol–water partition coefficient (Wildman–Crippen LogP) is 3.82. The number of nitrogens with two attached hydrogens (primary N) is 1. The number of nitrogens with zero attached hydrogens (tertiary/aromatic N) is 6. The van der Waals surface area contributed by atoms with Crippen LogP contribution in [0.25, 0.3) is 20.7 Å². The number of rotatable bonds is 0. The minimum Gasteiger partial charge on any atom is -0.375 e. The van der Waals surface area contributed by atoms with Gasteiger partial charge in [0.25, 0.3) is 0 Å². The number of anilines is 1. The Morgan fingerprint density at radius 3 is 2.05 bits per heavy atom. The molecule has 0 saturated heterocycles. The lowest BCUT2D eigenvalue weighted by atomic mass is 10.6. The van der Waals surface area contributed by atoms with Gasteiger partial charge in [-0.05, 0) is 39.1 Å². The van der Waals surface area contributed by atoms with Crippen molar-refractivity contribution in [3.05, 3.63) is 26.9 Å². The van der Waals surface area contributed by atoms with Crippen molar-refractivity contribution in [3.8, 4) is 0 Å². The summed E-state index contributed by atoms with van der Waals surface area (Å²) < 4.78 is 0.795. The lowest BCUT2D eigenvalue weighted by molar-refractivity contribution is 1.22. The number of fused-ring (bicyclic) bond motifs is 2. The lowest BCUT2D eigenvalue weighted by Crippen LogP contribution is -1.81. The highest BCUT2D eigenvalue weighted by atomic mass is 79.9. The Bertz CT molecular complexity index is 879. The molecule has 22 heavy (non-hydrogen) atoms. The molecule has 0 unspecified atom stereocenters. The number of hydrogen-bond acceptors (Lipinski definition) is 9. The Morgan fingerprint density at radius 2 is 1.41 bits per heavy atom. The van der Waals surface area contributed by atoms with E-state index in [2.05, 4.69) is 45.8 Å². The summed E-state index contributed by atoms with van der Waals surface area (Å²) in [5.74, 6) is 0. The van der Waals surface area contributed by atoms with Gasteiger partial charge in [0.15, 0.2) is 9.05 Å². The Labute approximate surface area is 149 Å². The highest BCUT2D eigenvalue weighted by molar-refractivity contribution is 9.11. The standard InChI is InChI=1S/C5HBrClN3S.C5H3ClN4S/c6-4-9-2-1-8-5(7)10-3(2)11-4;6-4-8-1-2-3(10-4)11-5(7)9-2/h1H;1H,(H2,7,9). The molecule has 112 valence electrons. The number of aromatic nitrogens is 6. The van der Waals surface area contributed by atoms with E-state index < -0.39 is 0 Å². The lowest BCUT2D eigenvalue weighted by Gasteiger charge is -1.84. The second-order valence-electron chi connectivity index (χ2n) is 3.68. The fourth-order valence-corrected chi connectivity index (χ4v) is 3.75. The summed E-state index contributed by atoms with van der Waals surface area (Å²) in [6, 6.07) is 0. The molecule has 12 heteroatoms. The quantitative estimate of drug-likeness (QED) is 0.417. The van der Waals surface area contributed by atoms with E-state index in [0.717, 1.165) is 19.1 Å². The van der Waals surface area contributed by atoms with Gasteiger partial charge in [-0.1, -0.05) is 22.7 Å². The van der Waals surface area contributed by atoms with E-state index in [4.69, 9.17) is 28.9 Å². The first-order valence-electron chi connectivity index (χ1n) is 5.50. The molecule has 4 aromatic heterocycles. The third-order valence-electron chi connectivity index (χ3n) is 2.23. The largest absolute Gasteiger partial charge is 0.375 e. The van der Waals surface area contributed by atoms with E-state index in [1.807, 2.05) is 0 Å². The molecule has 0 aliphatic heterocycles. The predicted molar refractivity (Wildman–Crippen MR) is 92.6 cm³/mol. The fraction of sp³-hybridized carbons (Fsp3) is 0. The summed E-state index contributed by atoms with van der Waals surface area (Å²) in [6.45, 7) is 0. The summed E-state index contributed by atoms with van der Waals surface area (Å²) in [7, 11) is 0. The maximum absolute atomic E-state index is 5.57. The maximum Gasteiger partial charge on any atom is 0.223 e. The molecule has 0 aliphatic carbocycles. The van der Waals surface area contributed by atoms with Gasteiger partial charge in [0.1, 0.15) is 20.7 Å². The topological polar surface area (TPSA) is 103 Å². The minimum atomic E-state index is 0.223. The van der Waals surface area contributed by atoms with Crippen molar-refractivity contribution in [2.45, 2.75) is 0 Å². The van der Waals surface area contributed by atoms with Gasteiger partial charge in [0, 0.05) is 0 Å². The van der Waals surface area contributed by atoms with Crippen LogP contribution in [0, 0.1) is 0 Å². The van der Waals surface area contributed by atoms with Crippen LogP contribution < -0.4 is 5.73 Å². The van der Waals surface area contributed by atoms with E-state index in [1.54, 1.807) is 12.4 Å². The van der Waals surface area contributed by atoms with E-state index in [0.29, 0.717) is 10.6 Å². The van der Waals surface area contributed by atoms with Crippen LogP contribution in [0.1, 0.15) is 0 Å². The van der Waals surface area contributed by atoms with Crippen molar-refractivity contribution in [1.82, 2.24) is 29.9 Å². The van der Waals surface area contributed by atoms with Crippen LogP contribution in [-0.4, -0.2) is 29.9 Å². The number of hydrogen-bond donors (Lipinski definition) is 1. The zero-order valence-corrected chi connectivity index (χ0v) is 15.1. The van der Waals surface area contributed by atoms with E-state index >= 15 is 0 Å². The molecule has 4 aromatic rings. The van der Waals surface area contributed by atoms with Gasteiger partial charge in [-0.2, -0.15) is 0 Å². The molecule has 2 N–H and O–H groups in total. The van der Waals surface area contributed by atoms with E-state index in [1.165, 1.54) is 22.7 Å². The maximum atomic E-state index is 5.57. The first-order valence-corrected chi connectivity index (χ1v) is 8.68. The summed E-state index contributed by atoms with van der Waals surface area (Å²) in [5.41, 5.74) is 6.90. The third-order valence-corrected chi connectivity index (χ3v) is 4.81. The van der Waals surface area contributed by atoms with Gasteiger partial charge < -0.3 is 5.73 Å². The Hall–Kier alpha value is -1.20. The van der Waals surface area contributed by atoms with Crippen molar-refractivity contribution in [2.75, 3.05) is 5.73 Å². The first kappa shape index (κ1) is 15.7. The molecule has 0 aliphatic rings. The van der Waals surface area contributed by atoms with Gasteiger partial charge in [0.05, 0.1) is 12.4 Å². The van der Waals surface area contributed by atoms with Crippen LogP contribution >= 0.6 is 61.8 Å². The molecule has 4 heterocycles. The Balaban J connectivity index is 0.000000131. The van der Waals surface area contributed by atoms with Crippen molar-refractivity contribution < 1.29 is 0 Å². The molecule has 0 saturated carbocycles. The molecule has 7 nitrogen and oxygen atoms in total.